The van der Waals surface area contributed by atoms with Crippen molar-refractivity contribution in [1.29, 1.82) is 0 Å². The predicted octanol–water partition coefficient (Wildman–Crippen LogP) is 2.87. The van der Waals surface area contributed by atoms with Gasteiger partial charge in [-0.05, 0) is 37.5 Å². The molecule has 2 heterocycles. The van der Waals surface area contributed by atoms with Crippen molar-refractivity contribution < 1.29 is 9.18 Å². The van der Waals surface area contributed by atoms with Gasteiger partial charge in [0, 0.05) is 38.4 Å². The minimum absolute atomic E-state index is 0.359. The standard InChI is InChI=1S/C17H22FN5O/c1-22-12-13(11-20-22)10-19-17(24)21-15-9-14(18)5-6-16(15)23-7-3-2-4-8-23/h5-6,9,11-12H,2-4,7-8,10H2,1H3,(H2,19,21,24). The molecule has 0 aliphatic carbocycles. The Morgan fingerprint density at radius 3 is 2.79 bits per heavy atom. The molecule has 3 rings (SSSR count). The Hall–Kier alpha value is -2.57. The van der Waals surface area contributed by atoms with Gasteiger partial charge in [-0.3, -0.25) is 4.68 Å². The van der Waals surface area contributed by atoms with E-state index in [9.17, 15) is 9.18 Å². The topological polar surface area (TPSA) is 62.2 Å². The molecule has 7 heteroatoms. The number of aryl methyl sites for hydroxylation is 1. The zero-order valence-corrected chi connectivity index (χ0v) is 13.8. The molecule has 1 saturated heterocycles. The third-order valence-corrected chi connectivity index (χ3v) is 4.11. The number of hydrogen-bond acceptors (Lipinski definition) is 3. The molecule has 6 nitrogen and oxygen atoms in total. The molecule has 0 atom stereocenters. The molecule has 2 N–H and O–H groups in total. The van der Waals surface area contributed by atoms with Crippen LogP contribution in [0.3, 0.4) is 0 Å². The van der Waals surface area contributed by atoms with Gasteiger partial charge in [0.1, 0.15) is 5.82 Å². The van der Waals surface area contributed by atoms with Crippen LogP contribution in [0.15, 0.2) is 30.6 Å². The van der Waals surface area contributed by atoms with E-state index >= 15 is 0 Å². The van der Waals surface area contributed by atoms with Gasteiger partial charge >= 0.3 is 6.03 Å². The van der Waals surface area contributed by atoms with E-state index in [0.29, 0.717) is 12.2 Å². The minimum atomic E-state index is -0.363. The zero-order valence-electron chi connectivity index (χ0n) is 13.8. The molecule has 0 unspecified atom stereocenters. The van der Waals surface area contributed by atoms with E-state index in [1.807, 2.05) is 13.2 Å². The maximum Gasteiger partial charge on any atom is 0.319 e. The molecule has 2 amide bonds. The van der Waals surface area contributed by atoms with Gasteiger partial charge in [0.25, 0.3) is 0 Å². The fraction of sp³-hybridized carbons (Fsp3) is 0.412. The van der Waals surface area contributed by atoms with E-state index in [-0.39, 0.29) is 11.8 Å². The van der Waals surface area contributed by atoms with E-state index in [4.69, 9.17) is 0 Å². The van der Waals surface area contributed by atoms with Crippen molar-refractivity contribution in [2.45, 2.75) is 25.8 Å². The summed E-state index contributed by atoms with van der Waals surface area (Å²) >= 11 is 0. The van der Waals surface area contributed by atoms with Crippen LogP contribution in [0.1, 0.15) is 24.8 Å². The third-order valence-electron chi connectivity index (χ3n) is 4.11. The second-order valence-corrected chi connectivity index (χ2v) is 6.04. The summed E-state index contributed by atoms with van der Waals surface area (Å²) in [5.41, 5.74) is 2.27. The van der Waals surface area contributed by atoms with Gasteiger partial charge in [-0.1, -0.05) is 0 Å². The average molecular weight is 331 g/mol. The molecule has 1 aromatic carbocycles. The lowest BCUT2D eigenvalue weighted by Crippen LogP contribution is -2.32. The van der Waals surface area contributed by atoms with Gasteiger partial charge in [-0.15, -0.1) is 0 Å². The van der Waals surface area contributed by atoms with Crippen LogP contribution in [0.25, 0.3) is 0 Å². The van der Waals surface area contributed by atoms with Crippen LogP contribution in [0.5, 0.6) is 0 Å². The molecular formula is C17H22FN5O. The fourth-order valence-corrected chi connectivity index (χ4v) is 2.93. The van der Waals surface area contributed by atoms with Crippen LogP contribution in [-0.4, -0.2) is 28.9 Å². The highest BCUT2D eigenvalue weighted by Gasteiger charge is 2.16. The zero-order chi connectivity index (χ0) is 16.9. The van der Waals surface area contributed by atoms with Crippen molar-refractivity contribution in [1.82, 2.24) is 15.1 Å². The largest absolute Gasteiger partial charge is 0.370 e. The number of benzene rings is 1. The van der Waals surface area contributed by atoms with Crippen LogP contribution < -0.4 is 15.5 Å². The van der Waals surface area contributed by atoms with Crippen molar-refractivity contribution >= 4 is 17.4 Å². The lowest BCUT2D eigenvalue weighted by molar-refractivity contribution is 0.251. The van der Waals surface area contributed by atoms with Crippen molar-refractivity contribution in [3.63, 3.8) is 0 Å². The number of nitrogens with one attached hydrogen (secondary N) is 2. The minimum Gasteiger partial charge on any atom is -0.370 e. The van der Waals surface area contributed by atoms with Gasteiger partial charge in [-0.25, -0.2) is 9.18 Å². The Kier molecular flexibility index (Phi) is 4.98. The molecule has 128 valence electrons. The third kappa shape index (κ3) is 4.04. The normalized spacial score (nSPS) is 14.5. The van der Waals surface area contributed by atoms with Crippen LogP contribution >= 0.6 is 0 Å². The van der Waals surface area contributed by atoms with Gasteiger partial charge < -0.3 is 15.5 Å². The van der Waals surface area contributed by atoms with Gasteiger partial charge in [-0.2, -0.15) is 5.10 Å². The molecule has 2 aromatic rings. The molecule has 1 aromatic heterocycles. The second-order valence-electron chi connectivity index (χ2n) is 6.04. The number of rotatable bonds is 4. The number of carbonyl (C=O) groups excluding carboxylic acids is 1. The van der Waals surface area contributed by atoms with Crippen LogP contribution in [0.2, 0.25) is 0 Å². The van der Waals surface area contributed by atoms with Crippen LogP contribution in [0.4, 0.5) is 20.6 Å². The lowest BCUT2D eigenvalue weighted by Gasteiger charge is -2.30. The summed E-state index contributed by atoms with van der Waals surface area (Å²) in [5.74, 6) is -0.363. The summed E-state index contributed by atoms with van der Waals surface area (Å²) in [6.07, 6.45) is 6.98. The van der Waals surface area contributed by atoms with E-state index in [1.165, 1.54) is 18.6 Å². The number of anilines is 2. The summed E-state index contributed by atoms with van der Waals surface area (Å²) in [4.78, 5) is 14.3. The van der Waals surface area contributed by atoms with Gasteiger partial charge in [0.15, 0.2) is 0 Å². The summed E-state index contributed by atoms with van der Waals surface area (Å²) in [5, 5.41) is 9.59. The number of aromatic nitrogens is 2. The molecule has 1 aliphatic heterocycles. The highest BCUT2D eigenvalue weighted by atomic mass is 19.1. The van der Waals surface area contributed by atoms with Crippen LogP contribution in [-0.2, 0) is 13.6 Å². The van der Waals surface area contributed by atoms with Gasteiger partial charge in [0.2, 0.25) is 0 Å². The smallest absolute Gasteiger partial charge is 0.319 e. The first-order chi connectivity index (χ1) is 11.6. The Bertz CT molecular complexity index is 709. The molecule has 1 aliphatic rings. The van der Waals surface area contributed by atoms with Crippen LogP contribution in [0, 0.1) is 5.82 Å². The SMILES string of the molecule is Cn1cc(CNC(=O)Nc2cc(F)ccc2N2CCCCC2)cn1. The first-order valence-electron chi connectivity index (χ1n) is 8.19. The average Bonchev–Trinajstić information content (AvgIpc) is 2.99. The highest BCUT2D eigenvalue weighted by Crippen LogP contribution is 2.29. The van der Waals surface area contributed by atoms with Gasteiger partial charge in [0.05, 0.1) is 17.6 Å². The lowest BCUT2D eigenvalue weighted by atomic mass is 10.1. The Balaban J connectivity index is 1.66. The maximum absolute atomic E-state index is 13.6. The fourth-order valence-electron chi connectivity index (χ4n) is 2.93. The maximum atomic E-state index is 13.6. The second kappa shape index (κ2) is 7.33. The molecule has 24 heavy (non-hydrogen) atoms. The number of halogens is 1. The highest BCUT2D eigenvalue weighted by molar-refractivity contribution is 5.93. The van der Waals surface area contributed by atoms with E-state index in [0.717, 1.165) is 37.2 Å². The van der Waals surface area contributed by atoms with E-state index in [2.05, 4.69) is 20.6 Å². The number of piperidine rings is 1. The molecule has 0 spiro atoms. The molecule has 0 radical (unpaired) electrons. The molecule has 1 fully saturated rings. The summed E-state index contributed by atoms with van der Waals surface area (Å²) in [6.45, 7) is 2.23. The van der Waals surface area contributed by atoms with Crippen molar-refractivity contribution in [2.75, 3.05) is 23.3 Å². The quantitative estimate of drug-likeness (QED) is 0.905. The summed E-state index contributed by atoms with van der Waals surface area (Å²) < 4.78 is 15.3. The molecular weight excluding hydrogens is 309 g/mol. The Labute approximate surface area is 140 Å². The van der Waals surface area contributed by atoms with E-state index < -0.39 is 0 Å². The van der Waals surface area contributed by atoms with Crippen molar-refractivity contribution in [3.8, 4) is 0 Å². The van der Waals surface area contributed by atoms with Crippen molar-refractivity contribution in [2.24, 2.45) is 7.05 Å². The predicted molar refractivity (Wildman–Crippen MR) is 91.5 cm³/mol. The Morgan fingerprint density at radius 2 is 2.08 bits per heavy atom. The number of amides is 2. The first-order valence-corrected chi connectivity index (χ1v) is 8.19. The molecule has 0 saturated carbocycles. The van der Waals surface area contributed by atoms with Crippen molar-refractivity contribution in [3.05, 3.63) is 42.0 Å². The summed E-state index contributed by atoms with van der Waals surface area (Å²) in [6, 6.07) is 4.18. The van der Waals surface area contributed by atoms with E-state index in [1.54, 1.807) is 16.9 Å². The first kappa shape index (κ1) is 16.3. The monoisotopic (exact) mass is 331 g/mol. The Morgan fingerprint density at radius 1 is 1.29 bits per heavy atom. The summed E-state index contributed by atoms with van der Waals surface area (Å²) in [7, 11) is 1.82. The number of carbonyl (C=O) groups is 1. The number of urea groups is 1. The number of nitrogens with zero attached hydrogens (tertiary/aromatic N) is 3. The molecule has 0 bridgehead atoms. The number of hydrogen-bond donors (Lipinski definition) is 2.